The molecule has 0 bridgehead atoms. The molecule has 0 saturated carbocycles. The molecule has 2 rings (SSSR count). The van der Waals surface area contributed by atoms with Gasteiger partial charge in [-0.15, -0.1) is 0 Å². The van der Waals surface area contributed by atoms with E-state index in [1.807, 2.05) is 0 Å². The van der Waals surface area contributed by atoms with Crippen LogP contribution in [0.3, 0.4) is 0 Å². The summed E-state index contributed by atoms with van der Waals surface area (Å²) >= 11 is 0.886. The third kappa shape index (κ3) is 4.35. The van der Waals surface area contributed by atoms with Crippen molar-refractivity contribution in [1.82, 2.24) is 9.97 Å². The summed E-state index contributed by atoms with van der Waals surface area (Å²) in [5, 5.41) is 10.8. The maximum Gasteiger partial charge on any atom is 0.423 e. The molecule has 2 aromatic rings. The number of nitrogens with one attached hydrogen (secondary N) is 1. The van der Waals surface area contributed by atoms with E-state index in [4.69, 9.17) is 5.73 Å². The molecule has 25 heavy (non-hydrogen) atoms. The van der Waals surface area contributed by atoms with Crippen molar-refractivity contribution in [2.45, 2.75) is 17.1 Å². The summed E-state index contributed by atoms with van der Waals surface area (Å²) in [5.74, 6) is -1.00. The van der Waals surface area contributed by atoms with Gasteiger partial charge in [-0.3, -0.25) is 19.7 Å². The van der Waals surface area contributed by atoms with Crippen molar-refractivity contribution >= 4 is 23.4 Å². The van der Waals surface area contributed by atoms with Gasteiger partial charge in [0.25, 0.3) is 17.2 Å². The fraction of sp³-hybridized carbons (Fsp3) is 0.154. The summed E-state index contributed by atoms with van der Waals surface area (Å²) in [6.07, 6.45) is -3.92. The van der Waals surface area contributed by atoms with E-state index in [0.717, 1.165) is 24.0 Å². The van der Waals surface area contributed by atoms with Crippen LogP contribution in [0.15, 0.2) is 34.3 Å². The van der Waals surface area contributed by atoms with Crippen LogP contribution in [0.4, 0.5) is 18.9 Å². The molecule has 0 atom stereocenters. The van der Waals surface area contributed by atoms with E-state index in [-0.39, 0.29) is 22.0 Å². The smallest absolute Gasteiger partial charge is 0.365 e. The molecular formula is C13H9F3N4O4S. The molecule has 1 amide bonds. The van der Waals surface area contributed by atoms with E-state index in [9.17, 15) is 32.9 Å². The summed E-state index contributed by atoms with van der Waals surface area (Å²) in [5.41, 5.74) is 1.58. The number of alkyl halides is 3. The van der Waals surface area contributed by atoms with Crippen LogP contribution >= 0.6 is 11.8 Å². The Labute approximate surface area is 141 Å². The van der Waals surface area contributed by atoms with E-state index in [2.05, 4.69) is 9.97 Å². The zero-order valence-electron chi connectivity index (χ0n) is 12.2. The van der Waals surface area contributed by atoms with Gasteiger partial charge < -0.3 is 10.7 Å². The molecule has 132 valence electrons. The zero-order chi connectivity index (χ0) is 18.8. The quantitative estimate of drug-likeness (QED) is 0.356. The normalized spacial score (nSPS) is 11.3. The van der Waals surface area contributed by atoms with Crippen molar-refractivity contribution in [3.63, 3.8) is 0 Å². The number of hydrogen-bond donors (Lipinski definition) is 2. The maximum atomic E-state index is 12.9. The van der Waals surface area contributed by atoms with Gasteiger partial charge in [-0.25, -0.2) is 4.98 Å². The van der Waals surface area contributed by atoms with Gasteiger partial charge in [0, 0.05) is 18.0 Å². The Kier molecular flexibility index (Phi) is 5.11. The van der Waals surface area contributed by atoms with Crippen LogP contribution in [0, 0.1) is 10.1 Å². The molecular weight excluding hydrogens is 365 g/mol. The van der Waals surface area contributed by atoms with Crippen molar-refractivity contribution in [1.29, 1.82) is 0 Å². The number of nitrogens with zero attached hydrogens (tertiary/aromatic N) is 2. The van der Waals surface area contributed by atoms with Gasteiger partial charge in [0.1, 0.15) is 11.1 Å². The largest absolute Gasteiger partial charge is 0.423 e. The molecule has 0 saturated heterocycles. The summed E-state index contributed by atoms with van der Waals surface area (Å²) in [7, 11) is 0. The maximum absolute atomic E-state index is 12.9. The topological polar surface area (TPSA) is 132 Å². The molecule has 1 aromatic heterocycles. The third-order valence-electron chi connectivity index (χ3n) is 2.98. The van der Waals surface area contributed by atoms with Crippen LogP contribution in [-0.4, -0.2) is 20.8 Å². The standard InChI is InChI=1S/C13H9F3N4O4S/c14-13(15,16)8-3-6(1-2-9(8)20(23)24)5-25-12-18-4-7(10(17)21)11(22)19-12/h1-4H,5H2,(H2,17,21)(H,18,19,22). The van der Waals surface area contributed by atoms with Gasteiger partial charge in [0.15, 0.2) is 5.16 Å². The second kappa shape index (κ2) is 6.93. The summed E-state index contributed by atoms with van der Waals surface area (Å²) in [6, 6.07) is 2.61. The predicted octanol–water partition coefficient (Wildman–Crippen LogP) is 2.09. The Bertz CT molecular complexity index is 898. The first kappa shape index (κ1) is 18.4. The molecule has 0 fully saturated rings. The number of thioether (sulfide) groups is 1. The molecule has 0 aliphatic rings. The average molecular weight is 374 g/mol. The highest BCUT2D eigenvalue weighted by Crippen LogP contribution is 2.37. The molecule has 0 aliphatic carbocycles. The van der Waals surface area contributed by atoms with Gasteiger partial charge in [-0.2, -0.15) is 13.2 Å². The highest BCUT2D eigenvalue weighted by Gasteiger charge is 2.38. The number of hydrogen-bond acceptors (Lipinski definition) is 6. The lowest BCUT2D eigenvalue weighted by atomic mass is 10.1. The molecule has 1 aromatic carbocycles. The van der Waals surface area contributed by atoms with Crippen LogP contribution < -0.4 is 11.3 Å². The average Bonchev–Trinajstić information content (AvgIpc) is 2.51. The van der Waals surface area contributed by atoms with Crippen LogP contribution in [0.1, 0.15) is 21.5 Å². The Morgan fingerprint density at radius 3 is 2.60 bits per heavy atom. The number of benzene rings is 1. The number of primary amides is 1. The number of carbonyl (C=O) groups is 1. The lowest BCUT2D eigenvalue weighted by Crippen LogP contribution is -2.24. The van der Waals surface area contributed by atoms with Crippen molar-refractivity contribution in [2.75, 3.05) is 0 Å². The number of amides is 1. The number of aromatic nitrogens is 2. The lowest BCUT2D eigenvalue weighted by Gasteiger charge is -2.09. The Morgan fingerprint density at radius 2 is 2.08 bits per heavy atom. The molecule has 0 aliphatic heterocycles. The van der Waals surface area contributed by atoms with E-state index in [1.165, 1.54) is 6.07 Å². The first-order valence-corrected chi connectivity index (χ1v) is 7.44. The molecule has 0 unspecified atom stereocenters. The van der Waals surface area contributed by atoms with Gasteiger partial charge in [-0.05, 0) is 11.6 Å². The number of nitrogens with two attached hydrogens (primary N) is 1. The second-order valence-corrected chi connectivity index (χ2v) is 5.65. The van der Waals surface area contributed by atoms with Crippen LogP contribution in [0.25, 0.3) is 0 Å². The van der Waals surface area contributed by atoms with E-state index >= 15 is 0 Å². The summed E-state index contributed by atoms with van der Waals surface area (Å²) in [4.78, 5) is 38.1. The molecule has 8 nitrogen and oxygen atoms in total. The number of aromatic amines is 1. The van der Waals surface area contributed by atoms with Crippen LogP contribution in [0.2, 0.25) is 0 Å². The van der Waals surface area contributed by atoms with E-state index in [1.54, 1.807) is 0 Å². The minimum Gasteiger partial charge on any atom is -0.365 e. The number of halogens is 3. The van der Waals surface area contributed by atoms with Gasteiger partial charge in [-0.1, -0.05) is 17.8 Å². The minimum atomic E-state index is -4.88. The Morgan fingerprint density at radius 1 is 1.40 bits per heavy atom. The van der Waals surface area contributed by atoms with Gasteiger partial charge in [0.2, 0.25) is 0 Å². The number of nitro benzene ring substituents is 1. The van der Waals surface area contributed by atoms with E-state index in [0.29, 0.717) is 6.07 Å². The highest BCUT2D eigenvalue weighted by atomic mass is 32.2. The van der Waals surface area contributed by atoms with Crippen LogP contribution in [0.5, 0.6) is 0 Å². The van der Waals surface area contributed by atoms with Gasteiger partial charge in [0.05, 0.1) is 4.92 Å². The van der Waals surface area contributed by atoms with E-state index < -0.39 is 33.8 Å². The highest BCUT2D eigenvalue weighted by molar-refractivity contribution is 7.98. The van der Waals surface area contributed by atoms with Gasteiger partial charge >= 0.3 is 6.18 Å². The molecule has 3 N–H and O–H groups in total. The SMILES string of the molecule is NC(=O)c1cnc(SCc2ccc([N+](=O)[O-])c(C(F)(F)F)c2)[nH]c1=O. The molecule has 0 spiro atoms. The van der Waals surface area contributed by atoms with Crippen molar-refractivity contribution in [2.24, 2.45) is 5.73 Å². The van der Waals surface area contributed by atoms with Crippen molar-refractivity contribution in [3.8, 4) is 0 Å². The first-order valence-electron chi connectivity index (χ1n) is 6.46. The molecule has 12 heteroatoms. The van der Waals surface area contributed by atoms with Crippen molar-refractivity contribution < 1.29 is 22.9 Å². The van der Waals surface area contributed by atoms with Crippen LogP contribution in [-0.2, 0) is 11.9 Å². The Balaban J connectivity index is 2.24. The number of carbonyl (C=O) groups excluding carboxylic acids is 1. The number of rotatable bonds is 5. The Hall–Kier alpha value is -2.89. The fourth-order valence-electron chi connectivity index (χ4n) is 1.84. The third-order valence-corrected chi connectivity index (χ3v) is 3.94. The summed E-state index contributed by atoms with van der Waals surface area (Å²) < 4.78 is 38.7. The van der Waals surface area contributed by atoms with Crippen molar-refractivity contribution in [3.05, 3.63) is 61.6 Å². The lowest BCUT2D eigenvalue weighted by molar-refractivity contribution is -0.388. The number of H-pyrrole nitrogens is 1. The predicted molar refractivity (Wildman–Crippen MR) is 81.0 cm³/mol. The minimum absolute atomic E-state index is 0.0417. The fourth-order valence-corrected chi connectivity index (χ4v) is 2.61. The number of nitro groups is 1. The first-order chi connectivity index (χ1) is 11.6. The molecule has 0 radical (unpaired) electrons. The zero-order valence-corrected chi connectivity index (χ0v) is 13.0. The molecule has 1 heterocycles. The monoisotopic (exact) mass is 374 g/mol. The summed E-state index contributed by atoms with van der Waals surface area (Å²) in [6.45, 7) is 0. The second-order valence-electron chi connectivity index (χ2n) is 4.69.